The highest BCUT2D eigenvalue weighted by molar-refractivity contribution is 5.88. The minimum absolute atomic E-state index is 0.526. The van der Waals surface area contributed by atoms with Gasteiger partial charge in [-0.25, -0.2) is 4.79 Å². The van der Waals surface area contributed by atoms with Gasteiger partial charge in [-0.1, -0.05) is 12.5 Å². The molecule has 1 aliphatic rings. The van der Waals surface area contributed by atoms with Crippen LogP contribution in [0.4, 0.5) is 0 Å². The number of nitrogens with one attached hydrogen (secondary N) is 1. The van der Waals surface area contributed by atoms with Crippen LogP contribution in [0.15, 0.2) is 11.1 Å². The molecule has 0 aromatic rings. The molecule has 2 N–H and O–H groups in total. The lowest BCUT2D eigenvalue weighted by molar-refractivity contribution is -0.132. The maximum absolute atomic E-state index is 10.6. The van der Waals surface area contributed by atoms with Crippen molar-refractivity contribution in [3.63, 3.8) is 0 Å². The quantitative estimate of drug-likeness (QED) is 0.619. The summed E-state index contributed by atoms with van der Waals surface area (Å²) in [6.07, 6.45) is 1.75. The summed E-state index contributed by atoms with van der Waals surface area (Å²) in [6.45, 7) is 3.45. The van der Waals surface area contributed by atoms with E-state index < -0.39 is 5.97 Å². The van der Waals surface area contributed by atoms with Crippen molar-refractivity contribution in [1.29, 1.82) is 0 Å². The Balaban J connectivity index is 2.81. The lowest BCUT2D eigenvalue weighted by Gasteiger charge is -2.17. The van der Waals surface area contributed by atoms with Gasteiger partial charge >= 0.3 is 5.97 Å². The maximum atomic E-state index is 10.6. The van der Waals surface area contributed by atoms with Crippen molar-refractivity contribution in [2.24, 2.45) is 0 Å². The minimum atomic E-state index is -0.769. The highest BCUT2D eigenvalue weighted by atomic mass is 16.4. The predicted octanol–water partition coefficient (Wildman–Crippen LogP) is 0.771. The van der Waals surface area contributed by atoms with Gasteiger partial charge in [0.05, 0.1) is 0 Å². The van der Waals surface area contributed by atoms with E-state index in [-0.39, 0.29) is 0 Å². The summed E-state index contributed by atoms with van der Waals surface area (Å²) in [5, 5.41) is 11.8. The molecule has 1 aliphatic heterocycles. The number of carboxylic acid groups (broad SMARTS) is 1. The van der Waals surface area contributed by atoms with Gasteiger partial charge in [0.25, 0.3) is 0 Å². The lowest BCUT2D eigenvalue weighted by Crippen LogP contribution is -2.28. The molecule has 62 valence electrons. The third-order valence-electron chi connectivity index (χ3n) is 2.02. The molecule has 0 unspecified atom stereocenters. The Morgan fingerprint density at radius 3 is 2.91 bits per heavy atom. The van der Waals surface area contributed by atoms with Crippen molar-refractivity contribution in [2.75, 3.05) is 13.1 Å². The summed E-state index contributed by atoms with van der Waals surface area (Å²) in [5.74, 6) is -0.769. The van der Waals surface area contributed by atoms with Crippen LogP contribution in [0.2, 0.25) is 0 Å². The van der Waals surface area contributed by atoms with Gasteiger partial charge < -0.3 is 10.4 Å². The molecule has 0 spiro atoms. The predicted molar refractivity (Wildman–Crippen MR) is 42.4 cm³/mol. The van der Waals surface area contributed by atoms with Crippen molar-refractivity contribution in [1.82, 2.24) is 5.32 Å². The van der Waals surface area contributed by atoms with Gasteiger partial charge in [0.15, 0.2) is 0 Å². The molecule has 11 heavy (non-hydrogen) atoms. The summed E-state index contributed by atoms with van der Waals surface area (Å²) in [4.78, 5) is 10.6. The fourth-order valence-electron chi connectivity index (χ4n) is 1.35. The van der Waals surface area contributed by atoms with E-state index in [0.717, 1.165) is 25.0 Å². The number of carboxylic acids is 1. The Labute approximate surface area is 66.1 Å². The first-order chi connectivity index (χ1) is 5.25. The number of aliphatic carboxylic acids is 1. The topological polar surface area (TPSA) is 49.3 Å². The number of hydrogen-bond acceptors (Lipinski definition) is 2. The average Bonchev–Trinajstić information content (AvgIpc) is 2.04. The Hall–Kier alpha value is -0.830. The van der Waals surface area contributed by atoms with E-state index in [0.29, 0.717) is 12.1 Å². The van der Waals surface area contributed by atoms with Crippen LogP contribution in [-0.4, -0.2) is 24.2 Å². The van der Waals surface area contributed by atoms with E-state index in [1.165, 1.54) is 0 Å². The van der Waals surface area contributed by atoms with Crippen molar-refractivity contribution in [2.45, 2.75) is 19.8 Å². The SMILES string of the molecule is CCC1=C(C(=O)O)CNCC1. The lowest BCUT2D eigenvalue weighted by atomic mass is 9.99. The summed E-state index contributed by atoms with van der Waals surface area (Å²) in [5.41, 5.74) is 1.66. The summed E-state index contributed by atoms with van der Waals surface area (Å²) >= 11 is 0. The number of rotatable bonds is 2. The molecule has 0 amide bonds. The normalized spacial score (nSPS) is 18.6. The van der Waals surface area contributed by atoms with Crippen LogP contribution >= 0.6 is 0 Å². The average molecular weight is 155 g/mol. The first-order valence-electron chi connectivity index (χ1n) is 3.90. The van der Waals surface area contributed by atoms with Crippen molar-refractivity contribution < 1.29 is 9.90 Å². The molecule has 0 aromatic carbocycles. The van der Waals surface area contributed by atoms with Gasteiger partial charge in [-0.15, -0.1) is 0 Å². The van der Waals surface area contributed by atoms with Crippen LogP contribution in [0.1, 0.15) is 19.8 Å². The molecule has 0 atom stereocenters. The summed E-state index contributed by atoms with van der Waals surface area (Å²) < 4.78 is 0. The zero-order chi connectivity index (χ0) is 8.27. The molecule has 1 rings (SSSR count). The Morgan fingerprint density at radius 2 is 2.45 bits per heavy atom. The Bertz CT molecular complexity index is 196. The zero-order valence-electron chi connectivity index (χ0n) is 6.68. The van der Waals surface area contributed by atoms with E-state index in [1.807, 2.05) is 6.92 Å². The highest BCUT2D eigenvalue weighted by Crippen LogP contribution is 2.15. The van der Waals surface area contributed by atoms with Gasteiger partial charge in [-0.05, 0) is 19.4 Å². The van der Waals surface area contributed by atoms with Gasteiger partial charge in [0.2, 0.25) is 0 Å². The fraction of sp³-hybridized carbons (Fsp3) is 0.625. The van der Waals surface area contributed by atoms with Crippen LogP contribution in [-0.2, 0) is 4.79 Å². The fourth-order valence-corrected chi connectivity index (χ4v) is 1.35. The minimum Gasteiger partial charge on any atom is -0.478 e. The number of hydrogen-bond donors (Lipinski definition) is 2. The van der Waals surface area contributed by atoms with Crippen LogP contribution in [0.5, 0.6) is 0 Å². The van der Waals surface area contributed by atoms with Crippen molar-refractivity contribution >= 4 is 5.97 Å². The van der Waals surface area contributed by atoms with Gasteiger partial charge in [0, 0.05) is 12.1 Å². The maximum Gasteiger partial charge on any atom is 0.332 e. The van der Waals surface area contributed by atoms with E-state index in [2.05, 4.69) is 5.32 Å². The molecule has 0 aromatic heterocycles. The zero-order valence-corrected chi connectivity index (χ0v) is 6.68. The second kappa shape index (κ2) is 3.53. The monoisotopic (exact) mass is 155 g/mol. The molecule has 3 nitrogen and oxygen atoms in total. The van der Waals surface area contributed by atoms with Gasteiger partial charge in [-0.2, -0.15) is 0 Å². The Kier molecular flexibility index (Phi) is 2.65. The van der Waals surface area contributed by atoms with E-state index in [9.17, 15) is 4.79 Å². The van der Waals surface area contributed by atoms with E-state index in [1.54, 1.807) is 0 Å². The molecule has 0 saturated carbocycles. The van der Waals surface area contributed by atoms with E-state index in [4.69, 9.17) is 5.11 Å². The molecular formula is C8H13NO2. The van der Waals surface area contributed by atoms with Crippen molar-refractivity contribution in [3.8, 4) is 0 Å². The number of carbonyl (C=O) groups is 1. The smallest absolute Gasteiger partial charge is 0.332 e. The third kappa shape index (κ3) is 1.80. The molecule has 0 bridgehead atoms. The molecule has 0 aliphatic carbocycles. The summed E-state index contributed by atoms with van der Waals surface area (Å²) in [7, 11) is 0. The molecule has 0 fully saturated rings. The first kappa shape index (κ1) is 8.27. The van der Waals surface area contributed by atoms with Crippen molar-refractivity contribution in [3.05, 3.63) is 11.1 Å². The third-order valence-corrected chi connectivity index (χ3v) is 2.02. The second-order valence-electron chi connectivity index (χ2n) is 2.67. The van der Waals surface area contributed by atoms with Crippen LogP contribution in [0.25, 0.3) is 0 Å². The van der Waals surface area contributed by atoms with Crippen LogP contribution in [0, 0.1) is 0 Å². The second-order valence-corrected chi connectivity index (χ2v) is 2.67. The molecule has 1 heterocycles. The largest absolute Gasteiger partial charge is 0.478 e. The van der Waals surface area contributed by atoms with Gasteiger partial charge in [-0.3, -0.25) is 0 Å². The molecule has 0 radical (unpaired) electrons. The molecular weight excluding hydrogens is 142 g/mol. The molecule has 3 heteroatoms. The van der Waals surface area contributed by atoms with E-state index >= 15 is 0 Å². The summed E-state index contributed by atoms with van der Waals surface area (Å²) in [6, 6.07) is 0. The molecule has 0 saturated heterocycles. The highest BCUT2D eigenvalue weighted by Gasteiger charge is 2.15. The van der Waals surface area contributed by atoms with Crippen LogP contribution in [0.3, 0.4) is 0 Å². The first-order valence-corrected chi connectivity index (χ1v) is 3.90. The van der Waals surface area contributed by atoms with Crippen LogP contribution < -0.4 is 5.32 Å². The standard InChI is InChI=1S/C8H13NO2/c1-2-6-3-4-9-5-7(6)8(10)11/h9H,2-5H2,1H3,(H,10,11). The van der Waals surface area contributed by atoms with Gasteiger partial charge in [0.1, 0.15) is 0 Å². The Morgan fingerprint density at radius 1 is 1.73 bits per heavy atom.